The van der Waals surface area contributed by atoms with E-state index in [-0.39, 0.29) is 5.75 Å². The number of aliphatic carboxylic acids is 2. The SMILES string of the molecule is CNC(C)(C(=O)O)C(SSCC(N)C(=O)O)(C(C)=O)C(C)=O. The van der Waals surface area contributed by atoms with Gasteiger partial charge in [0.2, 0.25) is 0 Å². The number of hydrogen-bond donors (Lipinski definition) is 4. The molecular weight excluding hydrogens is 332 g/mol. The van der Waals surface area contributed by atoms with Crippen LogP contribution in [0.3, 0.4) is 0 Å². The largest absolute Gasteiger partial charge is 0.480 e. The number of hydrogen-bond acceptors (Lipinski definition) is 8. The van der Waals surface area contributed by atoms with Crippen LogP contribution < -0.4 is 11.1 Å². The van der Waals surface area contributed by atoms with Crippen molar-refractivity contribution < 1.29 is 29.4 Å². The van der Waals surface area contributed by atoms with Crippen molar-refractivity contribution in [3.05, 3.63) is 0 Å². The molecule has 0 aliphatic carbocycles. The second-order valence-electron chi connectivity index (χ2n) is 4.79. The zero-order chi connectivity index (χ0) is 17.7. The maximum Gasteiger partial charge on any atom is 0.326 e. The van der Waals surface area contributed by atoms with Gasteiger partial charge in [0.05, 0.1) is 0 Å². The molecule has 0 aromatic rings. The van der Waals surface area contributed by atoms with Gasteiger partial charge in [0, 0.05) is 5.75 Å². The van der Waals surface area contributed by atoms with Gasteiger partial charge in [0.15, 0.2) is 16.3 Å². The van der Waals surface area contributed by atoms with Crippen molar-refractivity contribution in [2.75, 3.05) is 12.8 Å². The first-order chi connectivity index (χ1) is 9.97. The van der Waals surface area contributed by atoms with E-state index < -0.39 is 39.8 Å². The molecule has 2 atom stereocenters. The minimum absolute atomic E-state index is 0.0816. The van der Waals surface area contributed by atoms with E-state index in [0.717, 1.165) is 35.4 Å². The van der Waals surface area contributed by atoms with E-state index in [4.69, 9.17) is 10.8 Å². The van der Waals surface area contributed by atoms with Crippen molar-refractivity contribution >= 4 is 45.1 Å². The Kier molecular flexibility index (Phi) is 7.55. The Morgan fingerprint density at radius 3 is 1.91 bits per heavy atom. The number of likely N-dealkylation sites (N-methyl/N-ethyl adjacent to an activating group) is 1. The molecule has 0 rings (SSSR count). The molecule has 0 fully saturated rings. The molecule has 2 unspecified atom stereocenters. The molecule has 8 nitrogen and oxygen atoms in total. The van der Waals surface area contributed by atoms with E-state index in [9.17, 15) is 24.3 Å². The number of rotatable bonds is 10. The molecule has 0 bridgehead atoms. The molecule has 0 heterocycles. The second kappa shape index (κ2) is 7.95. The third-order valence-corrected chi connectivity index (χ3v) is 6.73. The second-order valence-corrected chi connectivity index (χ2v) is 7.34. The van der Waals surface area contributed by atoms with Gasteiger partial charge in [-0.2, -0.15) is 0 Å². The van der Waals surface area contributed by atoms with Gasteiger partial charge in [-0.1, -0.05) is 21.6 Å². The molecule has 5 N–H and O–H groups in total. The fourth-order valence-corrected chi connectivity index (χ4v) is 5.36. The topological polar surface area (TPSA) is 147 Å². The molecule has 0 radical (unpaired) electrons. The minimum atomic E-state index is -1.91. The molecule has 0 aromatic carbocycles. The Bertz CT molecular complexity index is 470. The van der Waals surface area contributed by atoms with Crippen LogP contribution in [0.25, 0.3) is 0 Å². The van der Waals surface area contributed by atoms with Crippen LogP contribution in [0.4, 0.5) is 0 Å². The number of ketones is 2. The Morgan fingerprint density at radius 1 is 1.18 bits per heavy atom. The molecule has 0 aromatic heterocycles. The Labute approximate surface area is 136 Å². The summed E-state index contributed by atoms with van der Waals surface area (Å²) in [4.78, 5) is 46.5. The van der Waals surface area contributed by atoms with Crippen molar-refractivity contribution in [3.63, 3.8) is 0 Å². The predicted molar refractivity (Wildman–Crippen MR) is 84.9 cm³/mol. The molecule has 0 spiro atoms. The molecule has 0 aliphatic heterocycles. The lowest BCUT2D eigenvalue weighted by Gasteiger charge is -2.41. The van der Waals surface area contributed by atoms with Gasteiger partial charge in [-0.15, -0.1) is 0 Å². The summed E-state index contributed by atoms with van der Waals surface area (Å²) in [5, 5.41) is 20.7. The molecule has 0 aliphatic rings. The minimum Gasteiger partial charge on any atom is -0.480 e. The van der Waals surface area contributed by atoms with E-state index in [1.165, 1.54) is 14.0 Å². The van der Waals surface area contributed by atoms with Gasteiger partial charge in [0.1, 0.15) is 11.6 Å². The van der Waals surface area contributed by atoms with Crippen molar-refractivity contribution in [2.45, 2.75) is 37.1 Å². The summed E-state index contributed by atoms with van der Waals surface area (Å²) in [6.07, 6.45) is 0. The average molecular weight is 352 g/mol. The lowest BCUT2D eigenvalue weighted by molar-refractivity contribution is -0.150. The standard InChI is InChI=1S/C12H20N2O6S2/c1-6(15)12(7(2)16,11(3,14-4)10(19)20)22-21-5-8(13)9(17)18/h8,14H,5,13H2,1-4H3,(H,17,18)(H,19,20). The number of carbonyl (C=O) groups is 4. The monoisotopic (exact) mass is 352 g/mol. The van der Waals surface area contributed by atoms with E-state index in [2.05, 4.69) is 5.32 Å². The number of Topliss-reactive ketones (excluding diaryl/α,β-unsaturated/α-hetero) is 2. The summed E-state index contributed by atoms with van der Waals surface area (Å²) in [6, 6.07) is -1.18. The summed E-state index contributed by atoms with van der Waals surface area (Å²) < 4.78 is -1.91. The van der Waals surface area contributed by atoms with Crippen LogP contribution in [0.5, 0.6) is 0 Å². The Balaban J connectivity index is 5.64. The molecule has 0 saturated carbocycles. The van der Waals surface area contributed by atoms with Crippen LogP contribution in [0.2, 0.25) is 0 Å². The average Bonchev–Trinajstić information content (AvgIpc) is 2.41. The van der Waals surface area contributed by atoms with E-state index in [1.54, 1.807) is 0 Å². The lowest BCUT2D eigenvalue weighted by Crippen LogP contribution is -2.69. The van der Waals surface area contributed by atoms with Crippen LogP contribution in [0.15, 0.2) is 0 Å². The quantitative estimate of drug-likeness (QED) is 0.307. The third-order valence-electron chi connectivity index (χ3n) is 3.37. The number of nitrogens with one attached hydrogen (secondary N) is 1. The molecule has 0 saturated heterocycles. The van der Waals surface area contributed by atoms with E-state index in [1.807, 2.05) is 0 Å². The van der Waals surface area contributed by atoms with Crippen molar-refractivity contribution in [1.29, 1.82) is 0 Å². The van der Waals surface area contributed by atoms with Gasteiger partial charge in [-0.05, 0) is 27.8 Å². The van der Waals surface area contributed by atoms with Gasteiger partial charge >= 0.3 is 11.9 Å². The van der Waals surface area contributed by atoms with Crippen LogP contribution >= 0.6 is 21.6 Å². The molecular formula is C12H20N2O6S2. The summed E-state index contributed by atoms with van der Waals surface area (Å²) in [5.74, 6) is -3.95. The van der Waals surface area contributed by atoms with Crippen LogP contribution in [-0.4, -0.2) is 62.8 Å². The predicted octanol–water partition coefficient (Wildman–Crippen LogP) is -0.241. The molecule has 10 heteroatoms. The van der Waals surface area contributed by atoms with Gasteiger partial charge in [-0.25, -0.2) is 0 Å². The van der Waals surface area contributed by atoms with Crippen LogP contribution in [0.1, 0.15) is 20.8 Å². The fourth-order valence-electron chi connectivity index (χ4n) is 1.85. The van der Waals surface area contributed by atoms with E-state index >= 15 is 0 Å². The summed E-state index contributed by atoms with van der Waals surface area (Å²) in [6.45, 7) is 3.50. The number of carboxylic acids is 2. The highest BCUT2D eigenvalue weighted by atomic mass is 33.1. The van der Waals surface area contributed by atoms with Gasteiger partial charge in [0.25, 0.3) is 0 Å². The maximum absolute atomic E-state index is 12.1. The van der Waals surface area contributed by atoms with Crippen LogP contribution in [0, 0.1) is 0 Å². The molecule has 0 amide bonds. The Morgan fingerprint density at radius 2 is 1.64 bits per heavy atom. The normalized spacial score (nSPS) is 15.7. The number of carbonyl (C=O) groups excluding carboxylic acids is 2. The van der Waals surface area contributed by atoms with Crippen molar-refractivity contribution in [3.8, 4) is 0 Å². The van der Waals surface area contributed by atoms with Gasteiger partial charge in [-0.3, -0.25) is 19.2 Å². The zero-order valence-electron chi connectivity index (χ0n) is 12.7. The summed E-state index contributed by atoms with van der Waals surface area (Å²) in [5.41, 5.74) is 3.51. The highest BCUT2D eigenvalue weighted by Gasteiger charge is 2.60. The number of nitrogens with two attached hydrogens (primary N) is 1. The summed E-state index contributed by atoms with van der Waals surface area (Å²) in [7, 11) is 2.94. The third kappa shape index (κ3) is 3.80. The zero-order valence-corrected chi connectivity index (χ0v) is 14.3. The first-order valence-electron chi connectivity index (χ1n) is 6.20. The Hall–Kier alpha value is -1.10. The summed E-state index contributed by atoms with van der Waals surface area (Å²) >= 11 is 0. The molecule has 22 heavy (non-hydrogen) atoms. The first kappa shape index (κ1) is 20.9. The fraction of sp³-hybridized carbons (Fsp3) is 0.667. The van der Waals surface area contributed by atoms with Crippen LogP contribution in [-0.2, 0) is 19.2 Å². The lowest BCUT2D eigenvalue weighted by atomic mass is 9.79. The number of carboxylic acid groups (broad SMARTS) is 2. The molecule has 126 valence electrons. The first-order valence-corrected chi connectivity index (χ1v) is 8.52. The van der Waals surface area contributed by atoms with Crippen molar-refractivity contribution in [1.82, 2.24) is 5.32 Å². The van der Waals surface area contributed by atoms with E-state index in [0.29, 0.717) is 0 Å². The van der Waals surface area contributed by atoms with Crippen molar-refractivity contribution in [2.24, 2.45) is 5.73 Å². The smallest absolute Gasteiger partial charge is 0.326 e. The van der Waals surface area contributed by atoms with Gasteiger partial charge < -0.3 is 21.3 Å². The maximum atomic E-state index is 12.1. The highest BCUT2D eigenvalue weighted by molar-refractivity contribution is 8.77. The highest BCUT2D eigenvalue weighted by Crippen LogP contribution is 2.45.